The smallest absolute Gasteiger partial charge is 0.260 e. The summed E-state index contributed by atoms with van der Waals surface area (Å²) in [6, 6.07) is 8.23. The average Bonchev–Trinajstić information content (AvgIpc) is 2.83. The van der Waals surface area contributed by atoms with E-state index in [-0.39, 0.29) is 18.4 Å². The summed E-state index contributed by atoms with van der Waals surface area (Å²) in [4.78, 5) is 27.9. The molecule has 0 spiro atoms. The zero-order valence-electron chi connectivity index (χ0n) is 15.6. The van der Waals surface area contributed by atoms with E-state index in [4.69, 9.17) is 4.74 Å². The molecular weight excluding hydrogens is 330 g/mol. The van der Waals surface area contributed by atoms with E-state index < -0.39 is 0 Å². The van der Waals surface area contributed by atoms with E-state index in [0.29, 0.717) is 19.0 Å². The topological polar surface area (TPSA) is 61.9 Å². The lowest BCUT2D eigenvalue weighted by molar-refractivity contribution is -0.134. The van der Waals surface area contributed by atoms with Crippen LogP contribution in [0.15, 0.2) is 24.3 Å². The first-order chi connectivity index (χ1) is 12.6. The van der Waals surface area contributed by atoms with Crippen LogP contribution in [-0.2, 0) is 16.1 Å². The summed E-state index contributed by atoms with van der Waals surface area (Å²) in [5, 5.41) is 2.94. The van der Waals surface area contributed by atoms with Gasteiger partial charge in [-0.05, 0) is 43.9 Å². The lowest BCUT2D eigenvalue weighted by Gasteiger charge is -2.27. The fourth-order valence-electron chi connectivity index (χ4n) is 3.48. The standard InChI is InChI=1S/C20H29N3O3/c1-16-13-21-19(24)9-12-23(16)14-17-5-7-18(8-6-17)26-15-20(25)22-10-3-2-4-11-22/h5-8,16H,2-4,9-15H2,1H3,(H,21,24). The average molecular weight is 359 g/mol. The van der Waals surface area contributed by atoms with Crippen LogP contribution in [0.1, 0.15) is 38.2 Å². The van der Waals surface area contributed by atoms with Crippen LogP contribution in [0.5, 0.6) is 5.75 Å². The number of benzene rings is 1. The minimum Gasteiger partial charge on any atom is -0.484 e. The highest BCUT2D eigenvalue weighted by Gasteiger charge is 2.20. The second-order valence-corrected chi connectivity index (χ2v) is 7.25. The van der Waals surface area contributed by atoms with Crippen LogP contribution < -0.4 is 10.1 Å². The third-order valence-corrected chi connectivity index (χ3v) is 5.22. The minimum absolute atomic E-state index is 0.0735. The first-order valence-corrected chi connectivity index (χ1v) is 9.62. The van der Waals surface area contributed by atoms with Crippen molar-refractivity contribution in [2.45, 2.75) is 45.2 Å². The second-order valence-electron chi connectivity index (χ2n) is 7.25. The lowest BCUT2D eigenvalue weighted by atomic mass is 10.1. The molecule has 2 aliphatic rings. The van der Waals surface area contributed by atoms with Gasteiger partial charge in [0, 0.05) is 45.2 Å². The molecule has 1 atom stereocenters. The van der Waals surface area contributed by atoms with Crippen molar-refractivity contribution in [1.82, 2.24) is 15.1 Å². The zero-order chi connectivity index (χ0) is 18.4. The number of nitrogens with zero attached hydrogens (tertiary/aromatic N) is 2. The molecule has 2 saturated heterocycles. The maximum atomic E-state index is 12.2. The molecule has 26 heavy (non-hydrogen) atoms. The summed E-state index contributed by atoms with van der Waals surface area (Å²) in [5.41, 5.74) is 1.18. The van der Waals surface area contributed by atoms with Gasteiger partial charge in [0.05, 0.1) is 0 Å². The minimum atomic E-state index is 0.0735. The molecule has 0 saturated carbocycles. The van der Waals surface area contributed by atoms with Crippen LogP contribution in [0, 0.1) is 0 Å². The molecule has 0 aliphatic carbocycles. The molecule has 0 bridgehead atoms. The van der Waals surface area contributed by atoms with Gasteiger partial charge in [-0.15, -0.1) is 0 Å². The van der Waals surface area contributed by atoms with E-state index in [2.05, 4.69) is 17.1 Å². The number of hydrogen-bond donors (Lipinski definition) is 1. The van der Waals surface area contributed by atoms with E-state index in [9.17, 15) is 9.59 Å². The van der Waals surface area contributed by atoms with Crippen molar-refractivity contribution in [3.63, 3.8) is 0 Å². The van der Waals surface area contributed by atoms with E-state index in [0.717, 1.165) is 44.8 Å². The Morgan fingerprint density at radius 1 is 1.15 bits per heavy atom. The predicted octanol–water partition coefficient (Wildman–Crippen LogP) is 1.79. The molecule has 3 rings (SSSR count). The molecule has 2 fully saturated rings. The van der Waals surface area contributed by atoms with Crippen molar-refractivity contribution in [2.75, 3.05) is 32.8 Å². The van der Waals surface area contributed by atoms with Gasteiger partial charge in [-0.2, -0.15) is 0 Å². The summed E-state index contributed by atoms with van der Waals surface area (Å²) in [6.07, 6.45) is 3.95. The summed E-state index contributed by atoms with van der Waals surface area (Å²) in [5.74, 6) is 0.922. The Labute approximate surface area is 155 Å². The normalized spacial score (nSPS) is 21.8. The Morgan fingerprint density at radius 3 is 2.62 bits per heavy atom. The van der Waals surface area contributed by atoms with Crippen molar-refractivity contribution < 1.29 is 14.3 Å². The Balaban J connectivity index is 1.48. The summed E-state index contributed by atoms with van der Waals surface area (Å²) in [7, 11) is 0. The SMILES string of the molecule is CC1CNC(=O)CCN1Cc1ccc(OCC(=O)N2CCCCC2)cc1. The molecule has 1 unspecified atom stereocenters. The molecule has 0 radical (unpaired) electrons. The number of hydrogen-bond acceptors (Lipinski definition) is 4. The Kier molecular flexibility index (Phi) is 6.50. The van der Waals surface area contributed by atoms with Crippen molar-refractivity contribution >= 4 is 11.8 Å². The van der Waals surface area contributed by atoms with Crippen molar-refractivity contribution in [1.29, 1.82) is 0 Å². The fourth-order valence-corrected chi connectivity index (χ4v) is 3.48. The van der Waals surface area contributed by atoms with Crippen molar-refractivity contribution in [3.05, 3.63) is 29.8 Å². The molecule has 6 heteroatoms. The molecule has 1 N–H and O–H groups in total. The largest absolute Gasteiger partial charge is 0.484 e. The predicted molar refractivity (Wildman–Crippen MR) is 99.9 cm³/mol. The second kappa shape index (κ2) is 9.03. The summed E-state index contributed by atoms with van der Waals surface area (Å²) >= 11 is 0. The van der Waals surface area contributed by atoms with Crippen molar-refractivity contribution in [3.8, 4) is 5.75 Å². The number of piperidine rings is 1. The lowest BCUT2D eigenvalue weighted by Crippen LogP contribution is -2.38. The maximum absolute atomic E-state index is 12.2. The fraction of sp³-hybridized carbons (Fsp3) is 0.600. The Hall–Kier alpha value is -2.08. The molecule has 142 valence electrons. The number of carbonyl (C=O) groups excluding carboxylic acids is 2. The van der Waals surface area contributed by atoms with Gasteiger partial charge in [0.2, 0.25) is 5.91 Å². The molecule has 2 aliphatic heterocycles. The number of likely N-dealkylation sites (tertiary alicyclic amines) is 1. The van der Waals surface area contributed by atoms with Gasteiger partial charge in [0.1, 0.15) is 5.75 Å². The third-order valence-electron chi connectivity index (χ3n) is 5.22. The highest BCUT2D eigenvalue weighted by Crippen LogP contribution is 2.16. The molecular formula is C20H29N3O3. The van der Waals surface area contributed by atoms with Crippen LogP contribution in [0.25, 0.3) is 0 Å². The van der Waals surface area contributed by atoms with Crippen LogP contribution in [-0.4, -0.2) is 60.4 Å². The van der Waals surface area contributed by atoms with Gasteiger partial charge in [-0.1, -0.05) is 12.1 Å². The van der Waals surface area contributed by atoms with Crippen molar-refractivity contribution in [2.24, 2.45) is 0 Å². The van der Waals surface area contributed by atoms with Gasteiger partial charge < -0.3 is 15.0 Å². The van der Waals surface area contributed by atoms with E-state index in [1.807, 2.05) is 29.2 Å². The molecule has 1 aromatic rings. The molecule has 2 amide bonds. The van der Waals surface area contributed by atoms with E-state index in [1.54, 1.807) is 0 Å². The quantitative estimate of drug-likeness (QED) is 0.871. The first kappa shape index (κ1) is 18.7. The van der Waals surface area contributed by atoms with Crippen LogP contribution in [0.4, 0.5) is 0 Å². The highest BCUT2D eigenvalue weighted by molar-refractivity contribution is 5.77. The van der Waals surface area contributed by atoms with Crippen LogP contribution >= 0.6 is 0 Å². The van der Waals surface area contributed by atoms with Gasteiger partial charge >= 0.3 is 0 Å². The first-order valence-electron chi connectivity index (χ1n) is 9.62. The van der Waals surface area contributed by atoms with Gasteiger partial charge in [0.15, 0.2) is 6.61 Å². The molecule has 2 heterocycles. The number of carbonyl (C=O) groups is 2. The highest BCUT2D eigenvalue weighted by atomic mass is 16.5. The number of nitrogens with one attached hydrogen (secondary N) is 1. The molecule has 1 aromatic carbocycles. The van der Waals surface area contributed by atoms with E-state index >= 15 is 0 Å². The van der Waals surface area contributed by atoms with Crippen LogP contribution in [0.3, 0.4) is 0 Å². The molecule has 6 nitrogen and oxygen atoms in total. The van der Waals surface area contributed by atoms with Gasteiger partial charge in [-0.25, -0.2) is 0 Å². The van der Waals surface area contributed by atoms with Gasteiger partial charge in [0.25, 0.3) is 5.91 Å². The number of rotatable bonds is 5. The third kappa shape index (κ3) is 5.21. The zero-order valence-corrected chi connectivity index (χ0v) is 15.6. The Morgan fingerprint density at radius 2 is 1.88 bits per heavy atom. The summed E-state index contributed by atoms with van der Waals surface area (Å²) in [6.45, 7) is 6.22. The van der Waals surface area contributed by atoms with Crippen LogP contribution in [0.2, 0.25) is 0 Å². The molecule has 0 aromatic heterocycles. The number of amides is 2. The maximum Gasteiger partial charge on any atom is 0.260 e. The monoisotopic (exact) mass is 359 g/mol. The summed E-state index contributed by atoms with van der Waals surface area (Å²) < 4.78 is 5.66. The number of ether oxygens (including phenoxy) is 1. The Bertz CT molecular complexity index is 611. The van der Waals surface area contributed by atoms with E-state index in [1.165, 1.54) is 12.0 Å². The van der Waals surface area contributed by atoms with Gasteiger partial charge in [-0.3, -0.25) is 14.5 Å².